The van der Waals surface area contributed by atoms with Crippen LogP contribution in [0.3, 0.4) is 0 Å². The number of anilines is 1. The van der Waals surface area contributed by atoms with E-state index in [-0.39, 0.29) is 6.04 Å². The number of nitrogens with two attached hydrogens (primary N) is 1. The molecule has 1 aromatic heterocycles. The first-order valence-corrected chi connectivity index (χ1v) is 7.98. The minimum atomic E-state index is -3.25. The predicted molar refractivity (Wildman–Crippen MR) is 78.7 cm³/mol. The van der Waals surface area contributed by atoms with E-state index in [9.17, 15) is 8.42 Å². The molecule has 1 unspecified atom stereocenters. The van der Waals surface area contributed by atoms with Crippen LogP contribution in [0.4, 0.5) is 5.69 Å². The van der Waals surface area contributed by atoms with Crippen LogP contribution in [0.15, 0.2) is 42.7 Å². The molecular formula is C13H18N4O2S. The molecule has 0 amide bonds. The lowest BCUT2D eigenvalue weighted by molar-refractivity contribution is 0.394. The molecule has 0 aliphatic heterocycles. The fourth-order valence-corrected chi connectivity index (χ4v) is 2.33. The van der Waals surface area contributed by atoms with Gasteiger partial charge in [0, 0.05) is 19.8 Å². The van der Waals surface area contributed by atoms with Gasteiger partial charge in [-0.25, -0.2) is 12.7 Å². The van der Waals surface area contributed by atoms with E-state index in [0.717, 1.165) is 5.56 Å². The third-order valence-electron chi connectivity index (χ3n) is 3.12. The van der Waals surface area contributed by atoms with Gasteiger partial charge < -0.3 is 5.73 Å². The van der Waals surface area contributed by atoms with Crippen LogP contribution in [0.25, 0.3) is 0 Å². The van der Waals surface area contributed by atoms with E-state index in [1.165, 1.54) is 10.6 Å². The highest BCUT2D eigenvalue weighted by molar-refractivity contribution is 7.88. The van der Waals surface area contributed by atoms with Gasteiger partial charge in [0.05, 0.1) is 24.2 Å². The zero-order valence-electron chi connectivity index (χ0n) is 11.5. The molecule has 7 heteroatoms. The molecular weight excluding hydrogens is 276 g/mol. The molecule has 6 nitrogen and oxygen atoms in total. The lowest BCUT2D eigenvalue weighted by Gasteiger charge is -2.23. The maximum Gasteiger partial charge on any atom is 0.211 e. The van der Waals surface area contributed by atoms with Crippen LogP contribution in [0.1, 0.15) is 11.6 Å². The van der Waals surface area contributed by atoms with E-state index in [0.29, 0.717) is 12.2 Å². The first kappa shape index (κ1) is 14.5. The summed E-state index contributed by atoms with van der Waals surface area (Å²) in [5.74, 6) is 0. The Morgan fingerprint density at radius 3 is 2.50 bits per heavy atom. The molecule has 1 aromatic carbocycles. The largest absolute Gasteiger partial charge is 0.396 e. The lowest BCUT2D eigenvalue weighted by atomic mass is 10.1. The molecule has 20 heavy (non-hydrogen) atoms. The van der Waals surface area contributed by atoms with Gasteiger partial charge in [-0.1, -0.05) is 30.3 Å². The Labute approximate surface area is 118 Å². The minimum Gasteiger partial charge on any atom is -0.396 e. The highest BCUT2D eigenvalue weighted by Crippen LogP contribution is 2.20. The van der Waals surface area contributed by atoms with Crippen molar-refractivity contribution in [2.45, 2.75) is 6.04 Å². The standard InChI is InChI=1S/C13H18N4O2S/c1-16(20(2,18)19)10-13(11-6-4-3-5-7-11)17-9-12(14)8-15-17/h3-9,13H,10,14H2,1-2H3. The summed E-state index contributed by atoms with van der Waals surface area (Å²) < 4.78 is 26.2. The smallest absolute Gasteiger partial charge is 0.211 e. The van der Waals surface area contributed by atoms with Crippen LogP contribution in [-0.2, 0) is 10.0 Å². The predicted octanol–water partition coefficient (Wildman–Crippen LogP) is 0.946. The average Bonchev–Trinajstić information content (AvgIpc) is 2.82. The molecule has 2 aromatic rings. The number of nitrogen functional groups attached to an aromatic ring is 1. The summed E-state index contributed by atoms with van der Waals surface area (Å²) in [4.78, 5) is 0. The van der Waals surface area contributed by atoms with Crippen molar-refractivity contribution in [2.24, 2.45) is 0 Å². The number of nitrogens with zero attached hydrogens (tertiary/aromatic N) is 3. The summed E-state index contributed by atoms with van der Waals surface area (Å²) in [6.45, 7) is 0.296. The van der Waals surface area contributed by atoms with Gasteiger partial charge in [0.1, 0.15) is 0 Å². The van der Waals surface area contributed by atoms with Crippen molar-refractivity contribution in [3.63, 3.8) is 0 Å². The van der Waals surface area contributed by atoms with Crippen molar-refractivity contribution in [2.75, 3.05) is 25.6 Å². The lowest BCUT2D eigenvalue weighted by Crippen LogP contribution is -2.33. The molecule has 0 saturated carbocycles. The van der Waals surface area contributed by atoms with Crippen molar-refractivity contribution >= 4 is 15.7 Å². The maximum atomic E-state index is 11.6. The highest BCUT2D eigenvalue weighted by Gasteiger charge is 2.21. The SMILES string of the molecule is CN(CC(c1ccccc1)n1cc(N)cn1)S(C)(=O)=O. The molecule has 0 fully saturated rings. The maximum absolute atomic E-state index is 11.6. The quantitative estimate of drug-likeness (QED) is 0.890. The van der Waals surface area contributed by atoms with Crippen molar-refractivity contribution in [1.82, 2.24) is 14.1 Å². The number of hydrogen-bond acceptors (Lipinski definition) is 4. The summed E-state index contributed by atoms with van der Waals surface area (Å²) in [6.07, 6.45) is 4.44. The number of rotatable bonds is 5. The summed E-state index contributed by atoms with van der Waals surface area (Å²) in [5.41, 5.74) is 7.22. The molecule has 2 N–H and O–H groups in total. The number of benzene rings is 1. The van der Waals surface area contributed by atoms with Gasteiger partial charge in [-0.2, -0.15) is 5.10 Å². The first-order valence-electron chi connectivity index (χ1n) is 6.14. The van der Waals surface area contributed by atoms with Crippen LogP contribution in [0, 0.1) is 0 Å². The van der Waals surface area contributed by atoms with Gasteiger partial charge in [-0.15, -0.1) is 0 Å². The van der Waals surface area contributed by atoms with Crippen LogP contribution in [-0.4, -0.2) is 42.4 Å². The number of aromatic nitrogens is 2. The monoisotopic (exact) mass is 294 g/mol. The second-order valence-electron chi connectivity index (χ2n) is 4.72. The van der Waals surface area contributed by atoms with Gasteiger partial charge in [0.25, 0.3) is 0 Å². The molecule has 1 atom stereocenters. The van der Waals surface area contributed by atoms with Crippen LogP contribution < -0.4 is 5.73 Å². The van der Waals surface area contributed by atoms with Gasteiger partial charge in [-0.05, 0) is 5.56 Å². The average molecular weight is 294 g/mol. The first-order chi connectivity index (χ1) is 9.38. The van der Waals surface area contributed by atoms with E-state index in [4.69, 9.17) is 5.73 Å². The van der Waals surface area contributed by atoms with Crippen LogP contribution >= 0.6 is 0 Å². The molecule has 0 saturated heterocycles. The van der Waals surface area contributed by atoms with Gasteiger partial charge in [0.2, 0.25) is 10.0 Å². The van der Waals surface area contributed by atoms with Crippen molar-refractivity contribution < 1.29 is 8.42 Å². The van der Waals surface area contributed by atoms with Crippen molar-refractivity contribution in [3.05, 3.63) is 48.3 Å². The Hall–Kier alpha value is -1.86. The molecule has 0 radical (unpaired) electrons. The summed E-state index contributed by atoms with van der Waals surface area (Å²) >= 11 is 0. The van der Waals surface area contributed by atoms with Gasteiger partial charge in [-0.3, -0.25) is 4.68 Å². The zero-order chi connectivity index (χ0) is 14.8. The summed E-state index contributed by atoms with van der Waals surface area (Å²) in [6, 6.07) is 9.41. The van der Waals surface area contributed by atoms with E-state index >= 15 is 0 Å². The molecule has 0 bridgehead atoms. The Bertz CT molecular complexity index is 667. The minimum absolute atomic E-state index is 0.215. The number of hydrogen-bond donors (Lipinski definition) is 1. The number of likely N-dealkylation sites (N-methyl/N-ethyl adjacent to an activating group) is 1. The summed E-state index contributed by atoms with van der Waals surface area (Å²) in [7, 11) is -1.69. The topological polar surface area (TPSA) is 81.2 Å². The Balaban J connectivity index is 2.35. The fraction of sp³-hybridized carbons (Fsp3) is 0.308. The highest BCUT2D eigenvalue weighted by atomic mass is 32.2. The molecule has 1 heterocycles. The van der Waals surface area contributed by atoms with E-state index in [1.807, 2.05) is 30.3 Å². The fourth-order valence-electron chi connectivity index (χ4n) is 1.92. The van der Waals surface area contributed by atoms with E-state index in [2.05, 4.69) is 5.10 Å². The summed E-state index contributed by atoms with van der Waals surface area (Å²) in [5, 5.41) is 4.20. The second-order valence-corrected chi connectivity index (χ2v) is 6.81. The third kappa shape index (κ3) is 3.37. The number of sulfonamides is 1. The van der Waals surface area contributed by atoms with E-state index in [1.54, 1.807) is 24.1 Å². The van der Waals surface area contributed by atoms with Gasteiger partial charge in [0.15, 0.2) is 0 Å². The molecule has 108 valence electrons. The molecule has 0 spiro atoms. The molecule has 0 aliphatic rings. The molecule has 2 rings (SSSR count). The zero-order valence-corrected chi connectivity index (χ0v) is 12.3. The Morgan fingerprint density at radius 2 is 2.00 bits per heavy atom. The molecule has 0 aliphatic carbocycles. The second kappa shape index (κ2) is 5.64. The van der Waals surface area contributed by atoms with Crippen molar-refractivity contribution in [3.8, 4) is 0 Å². The third-order valence-corrected chi connectivity index (χ3v) is 4.40. The van der Waals surface area contributed by atoms with E-state index < -0.39 is 10.0 Å². The Morgan fingerprint density at radius 1 is 1.35 bits per heavy atom. The van der Waals surface area contributed by atoms with Crippen LogP contribution in [0.5, 0.6) is 0 Å². The van der Waals surface area contributed by atoms with Gasteiger partial charge >= 0.3 is 0 Å². The van der Waals surface area contributed by atoms with Crippen molar-refractivity contribution in [1.29, 1.82) is 0 Å². The normalized spacial score (nSPS) is 13.6. The van der Waals surface area contributed by atoms with Crippen LogP contribution in [0.2, 0.25) is 0 Å². The Kier molecular flexibility index (Phi) is 4.10.